The quantitative estimate of drug-likeness (QED) is 0.287. The average molecular weight is 643 g/mol. The van der Waals surface area contributed by atoms with Gasteiger partial charge in [-0.3, -0.25) is 14.3 Å². The molecule has 44 heavy (non-hydrogen) atoms. The molecule has 232 valence electrons. The first kappa shape index (κ1) is 30.5. The highest BCUT2D eigenvalue weighted by Gasteiger charge is 2.41. The third kappa shape index (κ3) is 4.76. The lowest BCUT2D eigenvalue weighted by Gasteiger charge is -2.49. The molecule has 0 amide bonds. The van der Waals surface area contributed by atoms with Crippen LogP contribution < -0.4 is 15.8 Å². The van der Waals surface area contributed by atoms with E-state index in [0.29, 0.717) is 24.3 Å². The summed E-state index contributed by atoms with van der Waals surface area (Å²) in [7, 11) is -4.18. The number of anilines is 1. The fourth-order valence-electron chi connectivity index (χ4n) is 6.61. The zero-order chi connectivity index (χ0) is 31.7. The van der Waals surface area contributed by atoms with Crippen LogP contribution in [0.2, 0.25) is 5.02 Å². The van der Waals surface area contributed by atoms with E-state index in [9.17, 15) is 18.3 Å². The lowest BCUT2D eigenvalue weighted by molar-refractivity contribution is 0.126. The lowest BCUT2D eigenvalue weighted by atomic mass is 9.73. The number of hydrogen-bond donors (Lipinski definition) is 2. The molecular formula is C32H33ClF2N4O4S. The number of nitrogens with zero attached hydrogens (tertiary/aromatic N) is 3. The van der Waals surface area contributed by atoms with Crippen LogP contribution in [0.15, 0.2) is 46.2 Å². The highest BCUT2D eigenvalue weighted by molar-refractivity contribution is 7.90. The molecule has 2 aromatic carbocycles. The Morgan fingerprint density at radius 3 is 2.34 bits per heavy atom. The largest absolute Gasteiger partial charge is 0.507 e. The molecule has 2 fully saturated rings. The van der Waals surface area contributed by atoms with Gasteiger partial charge in [0.2, 0.25) is 0 Å². The molecule has 2 aromatic heterocycles. The van der Waals surface area contributed by atoms with Crippen LogP contribution in [-0.2, 0) is 9.84 Å². The van der Waals surface area contributed by atoms with Crippen LogP contribution in [0.3, 0.4) is 0 Å². The van der Waals surface area contributed by atoms with Crippen molar-refractivity contribution in [3.8, 4) is 22.6 Å². The first-order valence-corrected chi connectivity index (χ1v) is 16.7. The molecule has 2 aliphatic heterocycles. The third-order valence-electron chi connectivity index (χ3n) is 8.96. The van der Waals surface area contributed by atoms with Crippen molar-refractivity contribution in [3.05, 3.63) is 74.8 Å². The number of benzene rings is 2. The molecule has 4 heterocycles. The number of aryl methyl sites for hydroxylation is 1. The molecule has 2 N–H and O–H groups in total. The molecule has 0 atom stereocenters. The summed E-state index contributed by atoms with van der Waals surface area (Å²) < 4.78 is 60.5. The lowest BCUT2D eigenvalue weighted by Crippen LogP contribution is -2.58. The summed E-state index contributed by atoms with van der Waals surface area (Å²) in [5.74, 6) is -2.75. The van der Waals surface area contributed by atoms with Crippen LogP contribution in [-0.4, -0.2) is 55.5 Å². The maximum atomic E-state index is 17.2. The highest BCUT2D eigenvalue weighted by Crippen LogP contribution is 2.46. The van der Waals surface area contributed by atoms with Crippen LogP contribution in [0.25, 0.3) is 27.7 Å². The van der Waals surface area contributed by atoms with Gasteiger partial charge in [0.15, 0.2) is 20.5 Å². The number of nitrogens with one attached hydrogen (secondary N) is 1. The average Bonchev–Trinajstić information content (AvgIpc) is 2.93. The Kier molecular flexibility index (Phi) is 7.49. The Morgan fingerprint density at radius 1 is 1.09 bits per heavy atom. The Morgan fingerprint density at radius 2 is 1.77 bits per heavy atom. The Hall–Kier alpha value is -3.54. The predicted octanol–water partition coefficient (Wildman–Crippen LogP) is 5.72. The standard InChI is InChI=1S/C32H33ClF2N4O4S/c1-17(2)26-27(18(3)8-11-37-26)39-28-19(14-20(33)23(25(28)35)24-21(34)6-5-7-22(24)40)29(30(31(39)41)44(4,42)43)38-12-9-32(10-13-38)15-36-16-32/h5-8,11,14,17,36,40H,9-10,12-13,15-16H2,1-4H3. The normalized spacial score (nSPS) is 16.6. The van der Waals surface area contributed by atoms with E-state index < -0.39 is 48.8 Å². The number of phenols is 1. The molecule has 2 aliphatic rings. The van der Waals surface area contributed by atoms with Gasteiger partial charge in [0.25, 0.3) is 5.56 Å². The van der Waals surface area contributed by atoms with Gasteiger partial charge in [-0.2, -0.15) is 0 Å². The van der Waals surface area contributed by atoms with Gasteiger partial charge in [0, 0.05) is 49.6 Å². The van der Waals surface area contributed by atoms with E-state index in [2.05, 4.69) is 10.3 Å². The SMILES string of the molecule is Cc1ccnc(C(C)C)c1-n1c(=O)c(S(C)(=O)=O)c(N2CCC3(CC2)CNC3)c2cc(Cl)c(-c3c(O)cccc3F)c(F)c21. The first-order chi connectivity index (χ1) is 20.8. The van der Waals surface area contributed by atoms with Gasteiger partial charge in [-0.05, 0) is 60.9 Å². The summed E-state index contributed by atoms with van der Waals surface area (Å²) in [6, 6.07) is 6.59. The summed E-state index contributed by atoms with van der Waals surface area (Å²) in [5, 5.41) is 13.8. The van der Waals surface area contributed by atoms with Crippen molar-refractivity contribution < 1.29 is 22.3 Å². The van der Waals surface area contributed by atoms with E-state index in [1.54, 1.807) is 19.2 Å². The summed E-state index contributed by atoms with van der Waals surface area (Å²) >= 11 is 6.70. The number of fused-ring (bicyclic) bond motifs is 1. The van der Waals surface area contributed by atoms with Gasteiger partial charge in [-0.25, -0.2) is 17.2 Å². The minimum atomic E-state index is -4.18. The third-order valence-corrected chi connectivity index (χ3v) is 10.4. The molecule has 2 saturated heterocycles. The maximum Gasteiger partial charge on any atom is 0.276 e. The van der Waals surface area contributed by atoms with Gasteiger partial charge in [-0.1, -0.05) is 31.5 Å². The number of halogens is 3. The number of pyridine rings is 2. The van der Waals surface area contributed by atoms with Crippen LogP contribution >= 0.6 is 11.6 Å². The maximum absolute atomic E-state index is 17.2. The van der Waals surface area contributed by atoms with Crippen molar-refractivity contribution in [2.24, 2.45) is 5.41 Å². The Labute approximate surface area is 259 Å². The van der Waals surface area contributed by atoms with Gasteiger partial charge >= 0.3 is 0 Å². The topological polar surface area (TPSA) is 105 Å². The van der Waals surface area contributed by atoms with E-state index >= 15 is 8.78 Å². The number of rotatable bonds is 5. The summed E-state index contributed by atoms with van der Waals surface area (Å²) in [6.45, 7) is 8.05. The molecule has 0 unspecified atom stereocenters. The van der Waals surface area contributed by atoms with Crippen molar-refractivity contribution in [1.29, 1.82) is 0 Å². The molecule has 12 heteroatoms. The predicted molar refractivity (Wildman–Crippen MR) is 168 cm³/mol. The molecular weight excluding hydrogens is 610 g/mol. The van der Waals surface area contributed by atoms with Gasteiger partial charge < -0.3 is 15.3 Å². The molecule has 0 bridgehead atoms. The monoisotopic (exact) mass is 642 g/mol. The second-order valence-electron chi connectivity index (χ2n) is 12.3. The Bertz CT molecular complexity index is 1980. The van der Waals surface area contributed by atoms with Crippen molar-refractivity contribution in [1.82, 2.24) is 14.9 Å². The first-order valence-electron chi connectivity index (χ1n) is 14.5. The van der Waals surface area contributed by atoms with Gasteiger partial charge in [0.05, 0.1) is 33.2 Å². The number of hydrogen-bond acceptors (Lipinski definition) is 7. The molecule has 0 saturated carbocycles. The number of sulfone groups is 1. The van der Waals surface area contributed by atoms with Gasteiger partial charge in [-0.15, -0.1) is 0 Å². The summed E-state index contributed by atoms with van der Waals surface area (Å²) in [6.07, 6.45) is 4.05. The van der Waals surface area contributed by atoms with Crippen molar-refractivity contribution in [2.75, 3.05) is 37.3 Å². The number of aromatic nitrogens is 2. The van der Waals surface area contributed by atoms with Crippen LogP contribution in [0.5, 0.6) is 5.75 Å². The molecule has 0 aliphatic carbocycles. The van der Waals surface area contributed by atoms with E-state index in [4.69, 9.17) is 11.6 Å². The smallest absolute Gasteiger partial charge is 0.276 e. The zero-order valence-corrected chi connectivity index (χ0v) is 26.4. The van der Waals surface area contributed by atoms with Crippen molar-refractivity contribution in [3.63, 3.8) is 0 Å². The second kappa shape index (κ2) is 10.8. The minimum Gasteiger partial charge on any atom is -0.507 e. The molecule has 6 rings (SSSR count). The van der Waals surface area contributed by atoms with Crippen LogP contribution in [0.1, 0.15) is 43.9 Å². The fraction of sp³-hybridized carbons (Fsp3) is 0.375. The Balaban J connectivity index is 1.81. The van der Waals surface area contributed by atoms with E-state index in [-0.39, 0.29) is 38.6 Å². The van der Waals surface area contributed by atoms with Crippen molar-refractivity contribution in [2.45, 2.75) is 44.4 Å². The summed E-state index contributed by atoms with van der Waals surface area (Å²) in [4.78, 5) is 20.5. The number of phenolic OH excluding ortho intramolecular Hbond substituents is 1. The number of piperidine rings is 1. The van der Waals surface area contributed by atoms with E-state index in [0.717, 1.165) is 42.8 Å². The molecule has 4 aromatic rings. The van der Waals surface area contributed by atoms with Crippen LogP contribution in [0, 0.1) is 24.0 Å². The number of aromatic hydroxyl groups is 1. The molecule has 8 nitrogen and oxygen atoms in total. The zero-order valence-electron chi connectivity index (χ0n) is 24.8. The molecule has 0 radical (unpaired) electrons. The second-order valence-corrected chi connectivity index (χ2v) is 14.6. The summed E-state index contributed by atoms with van der Waals surface area (Å²) in [5.41, 5.74) is -0.707. The van der Waals surface area contributed by atoms with E-state index in [1.165, 1.54) is 18.2 Å². The van der Waals surface area contributed by atoms with E-state index in [1.807, 2.05) is 18.7 Å². The van der Waals surface area contributed by atoms with Crippen LogP contribution in [0.4, 0.5) is 14.5 Å². The molecule has 1 spiro atoms. The highest BCUT2D eigenvalue weighted by atomic mass is 35.5. The fourth-order valence-corrected chi connectivity index (χ4v) is 7.89. The minimum absolute atomic E-state index is 0.0728. The van der Waals surface area contributed by atoms with Gasteiger partial charge in [0.1, 0.15) is 11.6 Å². The van der Waals surface area contributed by atoms with Crippen molar-refractivity contribution >= 4 is 38.0 Å².